The molecule has 0 saturated carbocycles. The Morgan fingerprint density at radius 3 is 0.872 bits per heavy atom. The number of hydrogen-bond donors (Lipinski definition) is 0. The van der Waals surface area contributed by atoms with Gasteiger partial charge in [-0.15, -0.1) is 11.3 Å². The largest absolute Gasteiger partial charge is 0.310 e. The summed E-state index contributed by atoms with van der Waals surface area (Å²) in [6.07, 6.45) is 0. The van der Waals surface area contributed by atoms with E-state index in [9.17, 15) is 0 Å². The number of para-hydroxylation sites is 2. The van der Waals surface area contributed by atoms with E-state index >= 15 is 0 Å². The molecule has 3 unspecified atom stereocenters. The maximum Gasteiger partial charge on any atom is 0.164 e. The van der Waals surface area contributed by atoms with Crippen molar-refractivity contribution < 1.29 is 0 Å². The van der Waals surface area contributed by atoms with Crippen LogP contribution >= 0.6 is 11.3 Å². The molecule has 0 saturated heterocycles. The van der Waals surface area contributed by atoms with E-state index in [1.54, 1.807) is 0 Å². The Labute approximate surface area is 831 Å². The van der Waals surface area contributed by atoms with E-state index in [0.29, 0.717) is 17.5 Å². The summed E-state index contributed by atoms with van der Waals surface area (Å²) < 4.78 is 2.62. The summed E-state index contributed by atoms with van der Waals surface area (Å²) in [5.41, 5.74) is 33.4. The van der Waals surface area contributed by atoms with Crippen LogP contribution < -0.4 is 9.80 Å². The average Bonchev–Trinajstić information content (AvgIpc) is 0.893. The quantitative estimate of drug-likeness (QED) is 0.0965. The molecule has 0 amide bonds. The minimum absolute atomic E-state index is 0.244. The van der Waals surface area contributed by atoms with Gasteiger partial charge in [-0.05, 0) is 196 Å². The predicted octanol–water partition coefficient (Wildman–Crippen LogP) is 35.1. The smallest absolute Gasteiger partial charge is 0.164 e. The van der Waals surface area contributed by atoms with Crippen molar-refractivity contribution in [3.63, 3.8) is 0 Å². The van der Waals surface area contributed by atoms with Gasteiger partial charge < -0.3 is 9.80 Å². The molecular formula is C135H105N5S. The summed E-state index contributed by atoms with van der Waals surface area (Å²) in [6.45, 7) is 14.5. The maximum atomic E-state index is 5.08. The SMILES string of the molecule is CC1(C)c2ccccc2-c2ccccc2C1(c1ccccc1)c1ccc(N(c2ccccc2)c2ccc3c(c2)sc2ccccc23)cc1.CC1(C)c2ccccc2-c2ccccc2C1(c1ccccc1)c1cccc(-c2nc(-c3ccccc3)nc(-c3ccccc3)n2)c1.CC1(C)c2ccccc2-c2ccccc2C1(c1ccccc1)c1cccc(N(c2ccccc2)c2cccc(-c3ccccc3)c2)c1. The number of benzene rings is 20. The zero-order chi connectivity index (χ0) is 95.3. The third-order valence-corrected chi connectivity index (χ3v) is 31.4. The Morgan fingerprint density at radius 1 is 0.170 bits per heavy atom. The van der Waals surface area contributed by atoms with Gasteiger partial charge in [0.15, 0.2) is 17.5 Å². The normalized spacial score (nSPS) is 16.3. The Balaban J connectivity index is 0.000000118. The van der Waals surface area contributed by atoms with Gasteiger partial charge in [0.2, 0.25) is 0 Å². The highest BCUT2D eigenvalue weighted by molar-refractivity contribution is 7.25. The van der Waals surface area contributed by atoms with Crippen molar-refractivity contribution in [1.82, 2.24) is 15.0 Å². The van der Waals surface area contributed by atoms with Gasteiger partial charge in [-0.1, -0.05) is 484 Å². The number of nitrogens with zero attached hydrogens (tertiary/aromatic N) is 5. The lowest BCUT2D eigenvalue weighted by molar-refractivity contribution is 0.353. The van der Waals surface area contributed by atoms with Crippen LogP contribution in [0.25, 0.3) is 98.8 Å². The Kier molecular flexibility index (Phi) is 22.9. The fourth-order valence-electron chi connectivity index (χ4n) is 24.1. The number of aromatic nitrogens is 3. The van der Waals surface area contributed by atoms with Crippen molar-refractivity contribution >= 4 is 65.6 Å². The molecule has 676 valence electrons. The van der Waals surface area contributed by atoms with Crippen LogP contribution in [0, 0.1) is 0 Å². The van der Waals surface area contributed by atoms with Crippen LogP contribution in [0.4, 0.5) is 34.1 Å². The fourth-order valence-corrected chi connectivity index (χ4v) is 25.3. The Hall–Kier alpha value is -16.8. The van der Waals surface area contributed by atoms with E-state index in [2.05, 4.69) is 518 Å². The second-order valence-corrected chi connectivity index (χ2v) is 39.8. The molecule has 2 aromatic heterocycles. The molecule has 22 aromatic rings. The molecule has 141 heavy (non-hydrogen) atoms. The maximum absolute atomic E-state index is 5.08. The molecule has 5 nitrogen and oxygen atoms in total. The third-order valence-electron chi connectivity index (χ3n) is 30.3. The lowest BCUT2D eigenvalue weighted by Gasteiger charge is -2.53. The van der Waals surface area contributed by atoms with Crippen LogP contribution in [0.2, 0.25) is 0 Å². The molecule has 20 aromatic carbocycles. The number of rotatable bonds is 16. The molecule has 3 aliphatic carbocycles. The van der Waals surface area contributed by atoms with Crippen LogP contribution in [0.3, 0.4) is 0 Å². The molecule has 6 heteroatoms. The van der Waals surface area contributed by atoms with Gasteiger partial charge in [0.25, 0.3) is 0 Å². The standard InChI is InChI=1S/C46H35NS.C46H37N.C43H33N3/c1-45(2)41-22-12-9-19-37(41)38-20-10-13-23-42(38)46(45,32-15-5-3-6-16-32)33-25-27-35(28-26-33)47(34-17-7-4-8-18-34)36-29-30-40-39-21-11-14-24-43(39)48-44(40)31-36;1-45(2)43-30-14-12-28-41(43)42-29-13-15-31-44(42)46(45,36-21-8-4-9-22-36)37-23-17-27-40(33-37)47(38-24-10-5-11-25-38)39-26-16-20-35(32-39)34-18-6-3-7-19-34;1-42(2)37-27-14-12-25-35(37)36-26-13-15-28-38(36)43(42,33-22-10-5-11-23-33)34-24-16-21-32(29-34)41-45-39(30-17-6-3-7-18-30)44-40(46-41)31-19-8-4-9-20-31/h3-31H,1-2H3;3-33H,1-2H3;3-29H,1-2H3. The van der Waals surface area contributed by atoms with Gasteiger partial charge in [0, 0.05) is 87.2 Å². The monoisotopic (exact) mass is 1830 g/mol. The van der Waals surface area contributed by atoms with Crippen LogP contribution in [-0.2, 0) is 32.5 Å². The highest BCUT2D eigenvalue weighted by Crippen LogP contribution is 2.65. The van der Waals surface area contributed by atoms with Crippen LogP contribution in [0.5, 0.6) is 0 Å². The molecule has 3 aliphatic rings. The molecule has 0 fully saturated rings. The average molecular weight is 1830 g/mol. The summed E-state index contributed by atoms with van der Waals surface area (Å²) >= 11 is 1.86. The zero-order valence-corrected chi connectivity index (χ0v) is 80.7. The highest BCUT2D eigenvalue weighted by atomic mass is 32.1. The minimum atomic E-state index is -0.493. The van der Waals surface area contributed by atoms with Gasteiger partial charge in [-0.3, -0.25) is 0 Å². The van der Waals surface area contributed by atoms with Crippen molar-refractivity contribution in [2.45, 2.75) is 74.0 Å². The first-order valence-electron chi connectivity index (χ1n) is 48.9. The first kappa shape index (κ1) is 88.2. The van der Waals surface area contributed by atoms with Gasteiger partial charge in [0.1, 0.15) is 0 Å². The van der Waals surface area contributed by atoms with Crippen LogP contribution in [0.15, 0.2) is 528 Å². The molecule has 0 radical (unpaired) electrons. The van der Waals surface area contributed by atoms with Crippen molar-refractivity contribution in [1.29, 1.82) is 0 Å². The van der Waals surface area contributed by atoms with Crippen LogP contribution in [-0.4, -0.2) is 15.0 Å². The first-order valence-corrected chi connectivity index (χ1v) is 49.8. The lowest BCUT2D eigenvalue weighted by Crippen LogP contribution is -2.49. The van der Waals surface area contributed by atoms with E-state index in [4.69, 9.17) is 15.0 Å². The second-order valence-electron chi connectivity index (χ2n) is 38.7. The summed E-state index contributed by atoms with van der Waals surface area (Å²) in [5.74, 6) is 1.97. The fraction of sp³-hybridized carbons (Fsp3) is 0.0889. The van der Waals surface area contributed by atoms with Crippen molar-refractivity contribution in [3.8, 4) is 78.7 Å². The summed E-state index contributed by atoms with van der Waals surface area (Å²) in [4.78, 5) is 19.9. The summed E-state index contributed by atoms with van der Waals surface area (Å²) in [6, 6.07) is 192. The molecule has 0 bridgehead atoms. The van der Waals surface area contributed by atoms with Crippen molar-refractivity contribution in [3.05, 3.63) is 595 Å². The van der Waals surface area contributed by atoms with Crippen molar-refractivity contribution in [2.24, 2.45) is 0 Å². The number of hydrogen-bond acceptors (Lipinski definition) is 6. The van der Waals surface area contributed by atoms with Gasteiger partial charge in [-0.25, -0.2) is 15.0 Å². The number of anilines is 6. The van der Waals surface area contributed by atoms with Gasteiger partial charge in [-0.2, -0.15) is 0 Å². The molecule has 3 atom stereocenters. The first-order chi connectivity index (χ1) is 69.2. The predicted molar refractivity (Wildman–Crippen MR) is 590 cm³/mol. The van der Waals surface area contributed by atoms with Crippen molar-refractivity contribution in [2.75, 3.05) is 9.80 Å². The zero-order valence-electron chi connectivity index (χ0n) is 79.9. The second kappa shape index (κ2) is 36.6. The Bertz CT molecular complexity index is 8260. The lowest BCUT2D eigenvalue weighted by atomic mass is 9.49. The van der Waals surface area contributed by atoms with E-state index in [-0.39, 0.29) is 16.2 Å². The number of fused-ring (bicyclic) bond motifs is 12. The Morgan fingerprint density at radius 2 is 0.433 bits per heavy atom. The molecular weight excluding hydrogens is 1720 g/mol. The summed E-state index contributed by atoms with van der Waals surface area (Å²) in [5, 5.41) is 2.63. The van der Waals surface area contributed by atoms with Gasteiger partial charge >= 0.3 is 0 Å². The van der Waals surface area contributed by atoms with E-state index in [1.165, 1.54) is 131 Å². The van der Waals surface area contributed by atoms with E-state index in [1.807, 2.05) is 72.0 Å². The van der Waals surface area contributed by atoms with Gasteiger partial charge in [0.05, 0.1) is 16.2 Å². The van der Waals surface area contributed by atoms with Crippen LogP contribution in [0.1, 0.15) is 108 Å². The molecule has 0 N–H and O–H groups in total. The molecule has 2 heterocycles. The molecule has 0 aliphatic heterocycles. The number of thiophene rings is 1. The molecule has 0 spiro atoms. The summed E-state index contributed by atoms with van der Waals surface area (Å²) in [7, 11) is 0. The van der Waals surface area contributed by atoms with E-state index < -0.39 is 16.2 Å². The molecule has 25 rings (SSSR count). The van der Waals surface area contributed by atoms with E-state index in [0.717, 1.165) is 50.8 Å². The highest BCUT2D eigenvalue weighted by Gasteiger charge is 2.58. The topological polar surface area (TPSA) is 45.2 Å². The minimum Gasteiger partial charge on any atom is -0.310 e. The third kappa shape index (κ3) is 14.9.